The first-order valence-corrected chi connectivity index (χ1v) is 17.4. The second-order valence-electron chi connectivity index (χ2n) is 13.4. The topological polar surface area (TPSA) is 120 Å². The molecule has 11 heteroatoms. The Kier molecular flexibility index (Phi) is 8.78. The lowest BCUT2D eigenvalue weighted by molar-refractivity contribution is -0.139. The van der Waals surface area contributed by atoms with Crippen LogP contribution in [-0.4, -0.2) is 72.4 Å². The maximum atomic E-state index is 14.3. The van der Waals surface area contributed by atoms with Crippen LogP contribution in [0.5, 0.6) is 0 Å². The van der Waals surface area contributed by atoms with Crippen molar-refractivity contribution >= 4 is 44.3 Å². The summed E-state index contributed by atoms with van der Waals surface area (Å²) >= 11 is 3.50. The van der Waals surface area contributed by atoms with Gasteiger partial charge in [0, 0.05) is 48.3 Å². The predicted molar refractivity (Wildman–Crippen MR) is 180 cm³/mol. The SMILES string of the molecule is CC(=O)c1nn(CC(=O)N2[C@H]3C[C@@]4(COCCCCCCCc5ccc(Br)nc5CC3=O)C[C@@H]24)c2ccc(-c3cnc(C)nc3)cc12. The van der Waals surface area contributed by atoms with Crippen molar-refractivity contribution in [2.75, 3.05) is 13.2 Å². The summed E-state index contributed by atoms with van der Waals surface area (Å²) in [7, 11) is 0. The molecule has 1 saturated carbocycles. The predicted octanol–water partition coefficient (Wildman–Crippen LogP) is 5.86. The molecule has 4 aromatic rings. The molecule has 2 bridgehead atoms. The number of likely N-dealkylation sites (tertiary alicyclic amines) is 1. The standard InChI is InChI=1S/C36H39BrN6O4/c1-22(44)35-27-14-25(26-18-38-23(2)39-19-26)9-11-29(27)42(41-35)20-34(46)43-30-16-36(17-32(36)43)21-47-13-7-5-3-4-6-8-24-10-12-33(37)40-28(24)15-31(30)45/h9-12,14,18-19,30,32H,3-8,13,15-17,20-21H2,1-2H3/t30-,32+,36-/m0/s1. The highest BCUT2D eigenvalue weighted by Crippen LogP contribution is 2.60. The fourth-order valence-corrected chi connectivity index (χ4v) is 7.80. The Morgan fingerprint density at radius 1 is 1.02 bits per heavy atom. The summed E-state index contributed by atoms with van der Waals surface area (Å²) < 4.78 is 8.48. The number of piperidine rings is 1. The van der Waals surface area contributed by atoms with Crippen LogP contribution >= 0.6 is 15.9 Å². The number of pyridine rings is 1. The van der Waals surface area contributed by atoms with Crippen LogP contribution in [0.1, 0.15) is 79.4 Å². The number of hydrogen-bond acceptors (Lipinski definition) is 8. The molecular weight excluding hydrogens is 660 g/mol. The van der Waals surface area contributed by atoms with Gasteiger partial charge < -0.3 is 9.64 Å². The van der Waals surface area contributed by atoms with Gasteiger partial charge in [0.25, 0.3) is 0 Å². The number of Topliss-reactive ketones (excluding diaryl/α,β-unsaturated/α-hetero) is 2. The molecule has 3 aliphatic rings. The molecule has 2 aliphatic heterocycles. The highest BCUT2D eigenvalue weighted by molar-refractivity contribution is 9.10. The maximum Gasteiger partial charge on any atom is 0.245 e. The average Bonchev–Trinajstić information content (AvgIpc) is 3.46. The number of carbonyl (C=O) groups is 3. The number of nitrogens with zero attached hydrogens (tertiary/aromatic N) is 6. The minimum Gasteiger partial charge on any atom is -0.381 e. The number of ether oxygens (including phenoxy) is 1. The molecule has 0 unspecified atom stereocenters. The monoisotopic (exact) mass is 698 g/mol. The third-order valence-corrected chi connectivity index (χ3v) is 10.5. The molecular formula is C36H39BrN6O4. The van der Waals surface area contributed by atoms with Gasteiger partial charge >= 0.3 is 0 Å². The first kappa shape index (κ1) is 31.8. The van der Waals surface area contributed by atoms with E-state index in [1.165, 1.54) is 6.92 Å². The molecule has 5 heterocycles. The number of hydrogen-bond donors (Lipinski definition) is 0. The maximum absolute atomic E-state index is 14.3. The van der Waals surface area contributed by atoms with E-state index in [9.17, 15) is 14.4 Å². The zero-order valence-electron chi connectivity index (χ0n) is 26.9. The van der Waals surface area contributed by atoms with Crippen LogP contribution in [0.2, 0.25) is 0 Å². The second kappa shape index (κ2) is 13.0. The fraction of sp³-hybridized carbons (Fsp3) is 0.472. The number of aromatic nitrogens is 5. The van der Waals surface area contributed by atoms with Gasteiger partial charge in [0.15, 0.2) is 11.6 Å². The minimum absolute atomic E-state index is 0.00331. The zero-order valence-corrected chi connectivity index (χ0v) is 28.5. The van der Waals surface area contributed by atoms with Crippen LogP contribution < -0.4 is 0 Å². The van der Waals surface area contributed by atoms with E-state index in [4.69, 9.17) is 9.72 Å². The molecule has 3 atom stereocenters. The molecule has 0 N–H and O–H groups in total. The molecule has 7 rings (SSSR count). The van der Waals surface area contributed by atoms with E-state index in [0.717, 1.165) is 67.3 Å². The van der Waals surface area contributed by atoms with Gasteiger partial charge in [-0.1, -0.05) is 31.4 Å². The molecule has 0 radical (unpaired) electrons. The summed E-state index contributed by atoms with van der Waals surface area (Å²) in [5, 5.41) is 5.29. The van der Waals surface area contributed by atoms with Gasteiger partial charge in [0.2, 0.25) is 5.91 Å². The summed E-state index contributed by atoms with van der Waals surface area (Å²) in [4.78, 5) is 56.2. The molecule has 1 spiro atoms. The summed E-state index contributed by atoms with van der Waals surface area (Å²) in [5.41, 5.74) is 4.35. The Labute approximate surface area is 282 Å². The molecule has 244 valence electrons. The van der Waals surface area contributed by atoms with E-state index in [-0.39, 0.29) is 41.9 Å². The highest BCUT2D eigenvalue weighted by Gasteiger charge is 2.67. The molecule has 10 nitrogen and oxygen atoms in total. The van der Waals surface area contributed by atoms with E-state index in [0.29, 0.717) is 46.7 Å². The molecule has 2 fully saturated rings. The first-order valence-electron chi connectivity index (χ1n) is 16.6. The Bertz CT molecular complexity index is 1860. The number of fused-ring (bicyclic) bond motifs is 3. The van der Waals surface area contributed by atoms with Gasteiger partial charge in [-0.15, -0.1) is 0 Å². The number of carbonyl (C=O) groups excluding carboxylic acids is 3. The first-order chi connectivity index (χ1) is 22.7. The van der Waals surface area contributed by atoms with Crippen molar-refractivity contribution in [3.05, 3.63) is 70.1 Å². The number of rotatable bonds is 4. The highest BCUT2D eigenvalue weighted by atomic mass is 79.9. The number of halogens is 1. The summed E-state index contributed by atoms with van der Waals surface area (Å²) in [6, 6.07) is 9.10. The Morgan fingerprint density at radius 2 is 1.81 bits per heavy atom. The van der Waals surface area contributed by atoms with Crippen LogP contribution in [0, 0.1) is 12.3 Å². The van der Waals surface area contributed by atoms with Crippen LogP contribution in [0.25, 0.3) is 22.0 Å². The molecule has 47 heavy (non-hydrogen) atoms. The minimum atomic E-state index is -0.561. The number of amides is 1. The van der Waals surface area contributed by atoms with E-state index >= 15 is 0 Å². The van der Waals surface area contributed by atoms with Gasteiger partial charge in [0.1, 0.15) is 22.7 Å². The van der Waals surface area contributed by atoms with Crippen molar-refractivity contribution in [2.45, 2.75) is 90.3 Å². The Balaban J connectivity index is 1.19. The Morgan fingerprint density at radius 3 is 2.62 bits per heavy atom. The number of aryl methyl sites for hydroxylation is 2. The van der Waals surface area contributed by atoms with E-state index in [1.807, 2.05) is 31.2 Å². The van der Waals surface area contributed by atoms with Crippen molar-refractivity contribution in [3.8, 4) is 11.1 Å². The van der Waals surface area contributed by atoms with Gasteiger partial charge in [-0.05, 0) is 84.3 Å². The third kappa shape index (κ3) is 6.39. The number of ketones is 2. The van der Waals surface area contributed by atoms with Crippen molar-refractivity contribution in [2.24, 2.45) is 5.41 Å². The van der Waals surface area contributed by atoms with Gasteiger partial charge in [0.05, 0.1) is 30.3 Å². The van der Waals surface area contributed by atoms with Gasteiger partial charge in [-0.3, -0.25) is 19.1 Å². The van der Waals surface area contributed by atoms with Crippen molar-refractivity contribution in [3.63, 3.8) is 0 Å². The van der Waals surface area contributed by atoms with Crippen molar-refractivity contribution < 1.29 is 19.1 Å². The van der Waals surface area contributed by atoms with Crippen LogP contribution in [0.15, 0.2) is 47.3 Å². The molecule has 1 saturated heterocycles. The molecule has 1 aliphatic carbocycles. The largest absolute Gasteiger partial charge is 0.381 e. The van der Waals surface area contributed by atoms with Gasteiger partial charge in [-0.25, -0.2) is 15.0 Å². The van der Waals surface area contributed by atoms with E-state index in [1.54, 1.807) is 22.0 Å². The van der Waals surface area contributed by atoms with Crippen LogP contribution in [-0.2, 0) is 33.7 Å². The van der Waals surface area contributed by atoms with Gasteiger partial charge in [-0.2, -0.15) is 5.10 Å². The lowest BCUT2D eigenvalue weighted by Gasteiger charge is -2.27. The van der Waals surface area contributed by atoms with Crippen molar-refractivity contribution in [1.82, 2.24) is 29.6 Å². The average molecular weight is 700 g/mol. The molecule has 1 aromatic carbocycles. The van der Waals surface area contributed by atoms with E-state index < -0.39 is 6.04 Å². The smallest absolute Gasteiger partial charge is 0.245 e. The van der Waals surface area contributed by atoms with Crippen LogP contribution in [0.4, 0.5) is 0 Å². The van der Waals surface area contributed by atoms with Crippen LogP contribution in [0.3, 0.4) is 0 Å². The second-order valence-corrected chi connectivity index (χ2v) is 14.2. The molecule has 3 aromatic heterocycles. The summed E-state index contributed by atoms with van der Waals surface area (Å²) in [6.07, 6.45) is 11.5. The quantitative estimate of drug-likeness (QED) is 0.192. The van der Waals surface area contributed by atoms with E-state index in [2.05, 4.69) is 37.1 Å². The Hall–Kier alpha value is -3.83. The zero-order chi connectivity index (χ0) is 32.7. The normalized spacial score (nSPS) is 23.4. The fourth-order valence-electron chi connectivity index (χ4n) is 7.45. The number of benzene rings is 1. The lowest BCUT2D eigenvalue weighted by atomic mass is 9.94. The lowest BCUT2D eigenvalue weighted by Crippen LogP contribution is -2.45. The summed E-state index contributed by atoms with van der Waals surface area (Å²) in [6.45, 7) is 4.49. The molecule has 1 amide bonds. The third-order valence-electron chi connectivity index (χ3n) is 10.1. The van der Waals surface area contributed by atoms with Crippen molar-refractivity contribution in [1.29, 1.82) is 0 Å². The summed E-state index contributed by atoms with van der Waals surface area (Å²) in [5.74, 6) is 0.313.